The van der Waals surface area contributed by atoms with Gasteiger partial charge >= 0.3 is 0 Å². The number of rotatable bonds is 2. The van der Waals surface area contributed by atoms with Crippen LogP contribution in [-0.4, -0.2) is 22.4 Å². The molecular weight excluding hydrogens is 308 g/mol. The van der Waals surface area contributed by atoms with E-state index in [2.05, 4.69) is 48.5 Å². The van der Waals surface area contributed by atoms with Crippen LogP contribution < -0.4 is 0 Å². The van der Waals surface area contributed by atoms with E-state index in [0.717, 1.165) is 27.4 Å². The minimum Gasteiger partial charge on any atom is -0.273 e. The van der Waals surface area contributed by atoms with E-state index in [4.69, 9.17) is 9.98 Å². The van der Waals surface area contributed by atoms with Crippen LogP contribution in [0, 0.1) is 0 Å². The Kier molecular flexibility index (Phi) is 3.87. The normalized spacial score (nSPS) is 17.6. The highest BCUT2D eigenvalue weighted by atomic mass is 32.2. The fraction of sp³-hybridized carbons (Fsp3) is 0.111. The van der Waals surface area contributed by atoms with E-state index in [0.29, 0.717) is 0 Å². The summed E-state index contributed by atoms with van der Waals surface area (Å²) in [4.78, 5) is 9.61. The third-order valence-electron chi connectivity index (χ3n) is 3.54. The average Bonchev–Trinajstić information content (AvgIpc) is 2.62. The zero-order valence-corrected chi connectivity index (χ0v) is 13.5. The van der Waals surface area contributed by atoms with Crippen molar-refractivity contribution in [1.29, 1.82) is 0 Å². The standard InChI is InChI=1S/C18H14N2S2/c1-3-7-13(8-4-1)16-19-11-15-12-21-17(20-18(15)22-16)14-9-5-2-6-10-14/h1-10H,11-12H2. The summed E-state index contributed by atoms with van der Waals surface area (Å²) in [6, 6.07) is 20.8. The summed E-state index contributed by atoms with van der Waals surface area (Å²) in [5, 5.41) is 3.31. The van der Waals surface area contributed by atoms with E-state index in [9.17, 15) is 0 Å². The van der Waals surface area contributed by atoms with E-state index in [1.807, 2.05) is 23.9 Å². The molecule has 22 heavy (non-hydrogen) atoms. The molecule has 0 N–H and O–H groups in total. The molecule has 2 aliphatic rings. The molecule has 0 spiro atoms. The first-order chi connectivity index (χ1) is 10.9. The Morgan fingerprint density at radius 2 is 1.41 bits per heavy atom. The molecule has 0 unspecified atom stereocenters. The van der Waals surface area contributed by atoms with Gasteiger partial charge in [-0.3, -0.25) is 4.99 Å². The number of benzene rings is 2. The van der Waals surface area contributed by atoms with Gasteiger partial charge in [0.05, 0.1) is 6.54 Å². The zero-order chi connectivity index (χ0) is 14.8. The summed E-state index contributed by atoms with van der Waals surface area (Å²) in [6.07, 6.45) is 0. The van der Waals surface area contributed by atoms with Gasteiger partial charge in [-0.05, 0) is 17.3 Å². The van der Waals surface area contributed by atoms with Crippen LogP contribution in [0.2, 0.25) is 0 Å². The Balaban J connectivity index is 1.62. The predicted octanol–water partition coefficient (Wildman–Crippen LogP) is 4.59. The molecule has 2 aromatic rings. The molecule has 0 aliphatic carbocycles. The summed E-state index contributed by atoms with van der Waals surface area (Å²) < 4.78 is 0. The predicted molar refractivity (Wildman–Crippen MR) is 97.9 cm³/mol. The zero-order valence-electron chi connectivity index (χ0n) is 11.9. The Hall–Kier alpha value is -1.78. The fourth-order valence-electron chi connectivity index (χ4n) is 2.38. The number of aliphatic imine (C=N–C) groups is 2. The van der Waals surface area contributed by atoms with Crippen molar-refractivity contribution < 1.29 is 0 Å². The molecule has 0 saturated carbocycles. The Morgan fingerprint density at radius 1 is 0.773 bits per heavy atom. The van der Waals surface area contributed by atoms with Crippen LogP contribution in [0.15, 0.2) is 81.3 Å². The number of hydrogen-bond acceptors (Lipinski definition) is 4. The molecule has 2 aromatic carbocycles. The molecule has 0 aromatic heterocycles. The van der Waals surface area contributed by atoms with Gasteiger partial charge in [0.15, 0.2) is 0 Å². The van der Waals surface area contributed by atoms with Crippen molar-refractivity contribution >= 4 is 33.6 Å². The fourth-order valence-corrected chi connectivity index (χ4v) is 4.51. The lowest BCUT2D eigenvalue weighted by atomic mass is 10.2. The first kappa shape index (κ1) is 13.9. The molecule has 2 nitrogen and oxygen atoms in total. The molecule has 0 amide bonds. The number of thioether (sulfide) groups is 2. The van der Waals surface area contributed by atoms with Crippen molar-refractivity contribution in [2.45, 2.75) is 0 Å². The monoisotopic (exact) mass is 322 g/mol. The molecule has 0 bridgehead atoms. The second-order valence-electron chi connectivity index (χ2n) is 5.07. The van der Waals surface area contributed by atoms with Gasteiger partial charge in [-0.25, -0.2) is 4.99 Å². The third kappa shape index (κ3) is 2.76. The smallest absolute Gasteiger partial charge is 0.105 e. The molecule has 0 fully saturated rings. The lowest BCUT2D eigenvalue weighted by Gasteiger charge is -2.22. The van der Waals surface area contributed by atoms with Crippen LogP contribution in [0.5, 0.6) is 0 Å². The summed E-state index contributed by atoms with van der Waals surface area (Å²) in [7, 11) is 0. The van der Waals surface area contributed by atoms with Gasteiger partial charge in [0.1, 0.15) is 15.1 Å². The van der Waals surface area contributed by atoms with Crippen LogP contribution in [0.1, 0.15) is 11.1 Å². The highest BCUT2D eigenvalue weighted by Gasteiger charge is 2.22. The first-order valence-electron chi connectivity index (χ1n) is 7.17. The van der Waals surface area contributed by atoms with Crippen molar-refractivity contribution in [2.75, 3.05) is 12.3 Å². The maximum atomic E-state index is 4.89. The van der Waals surface area contributed by atoms with E-state index in [-0.39, 0.29) is 0 Å². The van der Waals surface area contributed by atoms with Gasteiger partial charge in [-0.15, -0.1) is 11.8 Å². The topological polar surface area (TPSA) is 24.7 Å². The van der Waals surface area contributed by atoms with Gasteiger partial charge in [0.25, 0.3) is 0 Å². The maximum absolute atomic E-state index is 4.89. The van der Waals surface area contributed by atoms with Gasteiger partial charge in [-0.1, -0.05) is 60.7 Å². The van der Waals surface area contributed by atoms with Gasteiger partial charge < -0.3 is 0 Å². The van der Waals surface area contributed by atoms with Gasteiger partial charge in [0, 0.05) is 16.9 Å². The molecule has 2 heterocycles. The summed E-state index contributed by atoms with van der Waals surface area (Å²) >= 11 is 3.50. The third-order valence-corrected chi connectivity index (χ3v) is 5.76. The van der Waals surface area contributed by atoms with Crippen LogP contribution in [0.25, 0.3) is 0 Å². The Bertz CT molecular complexity index is 777. The SMILES string of the molecule is c1ccc(C2=NC3=C(CN=C(c4ccccc4)S3)CS2)cc1. The van der Waals surface area contributed by atoms with Crippen molar-refractivity contribution in [3.8, 4) is 0 Å². The van der Waals surface area contributed by atoms with Gasteiger partial charge in [-0.2, -0.15) is 0 Å². The van der Waals surface area contributed by atoms with Gasteiger partial charge in [0.2, 0.25) is 0 Å². The number of hydrogen-bond donors (Lipinski definition) is 0. The highest BCUT2D eigenvalue weighted by Crippen LogP contribution is 2.37. The van der Waals surface area contributed by atoms with Crippen LogP contribution in [0.4, 0.5) is 0 Å². The maximum Gasteiger partial charge on any atom is 0.105 e. The van der Waals surface area contributed by atoms with Crippen LogP contribution >= 0.6 is 23.5 Å². The number of nitrogens with zero attached hydrogens (tertiary/aromatic N) is 2. The average molecular weight is 322 g/mol. The van der Waals surface area contributed by atoms with E-state index >= 15 is 0 Å². The summed E-state index contributed by atoms with van der Waals surface area (Å²) in [5.41, 5.74) is 3.71. The molecule has 2 aliphatic heterocycles. The van der Waals surface area contributed by atoms with E-state index in [1.165, 1.54) is 16.7 Å². The molecule has 4 heteroatoms. The molecule has 0 radical (unpaired) electrons. The van der Waals surface area contributed by atoms with E-state index in [1.54, 1.807) is 11.8 Å². The van der Waals surface area contributed by atoms with E-state index < -0.39 is 0 Å². The van der Waals surface area contributed by atoms with Crippen molar-refractivity contribution in [2.24, 2.45) is 9.98 Å². The van der Waals surface area contributed by atoms with Crippen molar-refractivity contribution in [1.82, 2.24) is 0 Å². The minimum atomic E-state index is 0.769. The second-order valence-corrected chi connectivity index (χ2v) is 7.01. The molecule has 0 atom stereocenters. The quantitative estimate of drug-likeness (QED) is 0.808. The molecule has 4 rings (SSSR count). The van der Waals surface area contributed by atoms with Crippen LogP contribution in [-0.2, 0) is 0 Å². The Labute approximate surface area is 138 Å². The highest BCUT2D eigenvalue weighted by molar-refractivity contribution is 8.18. The molecular formula is C18H14N2S2. The molecule has 0 saturated heterocycles. The second kappa shape index (κ2) is 6.15. The lowest BCUT2D eigenvalue weighted by molar-refractivity contribution is 1.11. The first-order valence-corrected chi connectivity index (χ1v) is 8.97. The minimum absolute atomic E-state index is 0.769. The largest absolute Gasteiger partial charge is 0.273 e. The lowest BCUT2D eigenvalue weighted by Crippen LogP contribution is -2.13. The Morgan fingerprint density at radius 3 is 2.09 bits per heavy atom. The summed E-state index contributed by atoms with van der Waals surface area (Å²) in [6.45, 7) is 0.769. The van der Waals surface area contributed by atoms with Crippen molar-refractivity contribution in [3.05, 3.63) is 82.4 Å². The molecule has 108 valence electrons. The van der Waals surface area contributed by atoms with Crippen LogP contribution in [0.3, 0.4) is 0 Å². The summed E-state index contributed by atoms with van der Waals surface area (Å²) in [5.74, 6) is 0.988. The van der Waals surface area contributed by atoms with Crippen molar-refractivity contribution in [3.63, 3.8) is 0 Å².